The molecule has 30 heavy (non-hydrogen) atoms. The van der Waals surface area contributed by atoms with Crippen LogP contribution in [-0.2, 0) is 0 Å². The van der Waals surface area contributed by atoms with Gasteiger partial charge in [0.2, 0.25) is 5.88 Å². The lowest BCUT2D eigenvalue weighted by molar-refractivity contribution is 0.469. The molecule has 3 aromatic carbocycles. The summed E-state index contributed by atoms with van der Waals surface area (Å²) < 4.78 is 6.13. The molecule has 2 heterocycles. The van der Waals surface area contributed by atoms with Gasteiger partial charge in [0, 0.05) is 37.3 Å². The van der Waals surface area contributed by atoms with Crippen molar-refractivity contribution in [1.29, 1.82) is 0 Å². The van der Waals surface area contributed by atoms with E-state index < -0.39 is 0 Å². The molecule has 0 aliphatic carbocycles. The highest BCUT2D eigenvalue weighted by Gasteiger charge is 2.22. The molecule has 1 aromatic heterocycles. The lowest BCUT2D eigenvalue weighted by atomic mass is 10.1. The van der Waals surface area contributed by atoms with Gasteiger partial charge >= 0.3 is 0 Å². The van der Waals surface area contributed by atoms with Crippen LogP contribution in [0.15, 0.2) is 79.1 Å². The summed E-state index contributed by atoms with van der Waals surface area (Å²) in [6, 6.07) is 24.5. The number of anilines is 3. The van der Waals surface area contributed by atoms with E-state index in [1.807, 2.05) is 36.4 Å². The van der Waals surface area contributed by atoms with Crippen molar-refractivity contribution < 1.29 is 4.74 Å². The second-order valence-electron chi connectivity index (χ2n) is 7.31. The van der Waals surface area contributed by atoms with Gasteiger partial charge in [-0.25, -0.2) is 4.98 Å². The van der Waals surface area contributed by atoms with Crippen molar-refractivity contribution in [3.63, 3.8) is 0 Å². The molecule has 0 atom stereocenters. The second kappa shape index (κ2) is 7.91. The van der Waals surface area contributed by atoms with E-state index in [0.29, 0.717) is 11.6 Å². The predicted octanol–water partition coefficient (Wildman–Crippen LogP) is 4.33. The highest BCUT2D eigenvalue weighted by atomic mass is 16.5. The Morgan fingerprint density at radius 1 is 0.733 bits per heavy atom. The van der Waals surface area contributed by atoms with E-state index in [2.05, 4.69) is 56.2 Å². The van der Waals surface area contributed by atoms with Gasteiger partial charge in [-0.3, -0.25) is 0 Å². The number of hydrogen-bond donors (Lipinski definition) is 1. The molecule has 4 aromatic rings. The number of piperazine rings is 1. The summed E-state index contributed by atoms with van der Waals surface area (Å²) in [5.41, 5.74) is 8.16. The van der Waals surface area contributed by atoms with Crippen LogP contribution in [0.3, 0.4) is 0 Å². The zero-order chi connectivity index (χ0) is 20.3. The molecule has 0 unspecified atom stereocenters. The average molecular weight is 397 g/mol. The molecule has 6 nitrogen and oxygen atoms in total. The van der Waals surface area contributed by atoms with E-state index in [1.165, 1.54) is 12.0 Å². The maximum atomic E-state index is 6.45. The van der Waals surface area contributed by atoms with Crippen LogP contribution in [0, 0.1) is 0 Å². The number of hydrogen-bond acceptors (Lipinski definition) is 6. The Balaban J connectivity index is 1.36. The van der Waals surface area contributed by atoms with Gasteiger partial charge < -0.3 is 20.3 Å². The van der Waals surface area contributed by atoms with Gasteiger partial charge in [0.15, 0.2) is 5.82 Å². The van der Waals surface area contributed by atoms with E-state index >= 15 is 0 Å². The first-order valence-corrected chi connectivity index (χ1v) is 10.1. The van der Waals surface area contributed by atoms with E-state index in [1.54, 1.807) is 0 Å². The SMILES string of the molecule is Nc1c(Oc2cccc3ccccc23)ncnc1N1CCN(c2ccccc2)CC1. The largest absolute Gasteiger partial charge is 0.436 e. The molecule has 2 N–H and O–H groups in total. The van der Waals surface area contributed by atoms with Gasteiger partial charge in [-0.1, -0.05) is 54.6 Å². The topological polar surface area (TPSA) is 67.5 Å². The molecule has 1 aliphatic heterocycles. The average Bonchev–Trinajstić information content (AvgIpc) is 2.81. The second-order valence-corrected chi connectivity index (χ2v) is 7.31. The molecule has 0 spiro atoms. The molecular weight excluding hydrogens is 374 g/mol. The molecule has 0 amide bonds. The number of rotatable bonds is 4. The van der Waals surface area contributed by atoms with Gasteiger partial charge in [-0.2, -0.15) is 4.98 Å². The molecule has 1 saturated heterocycles. The zero-order valence-corrected chi connectivity index (χ0v) is 16.6. The normalized spacial score (nSPS) is 14.1. The minimum absolute atomic E-state index is 0.391. The minimum Gasteiger partial charge on any atom is -0.436 e. The van der Waals surface area contributed by atoms with E-state index in [4.69, 9.17) is 10.5 Å². The van der Waals surface area contributed by atoms with Crippen LogP contribution >= 0.6 is 0 Å². The summed E-state index contributed by atoms with van der Waals surface area (Å²) in [6.45, 7) is 3.49. The lowest BCUT2D eigenvalue weighted by Crippen LogP contribution is -2.47. The number of fused-ring (bicyclic) bond motifs is 1. The van der Waals surface area contributed by atoms with Gasteiger partial charge in [-0.05, 0) is 23.6 Å². The van der Waals surface area contributed by atoms with E-state index in [-0.39, 0.29) is 0 Å². The quantitative estimate of drug-likeness (QED) is 0.553. The third-order valence-corrected chi connectivity index (χ3v) is 5.48. The summed E-state index contributed by atoms with van der Waals surface area (Å²) in [6.07, 6.45) is 1.52. The number of aromatic nitrogens is 2. The van der Waals surface area contributed by atoms with Gasteiger partial charge in [0.25, 0.3) is 0 Å². The van der Waals surface area contributed by atoms with Crippen LogP contribution in [0.5, 0.6) is 11.6 Å². The monoisotopic (exact) mass is 397 g/mol. The Morgan fingerprint density at radius 2 is 1.43 bits per heavy atom. The number of ether oxygens (including phenoxy) is 1. The van der Waals surface area contributed by atoms with Crippen molar-refractivity contribution >= 4 is 28.0 Å². The smallest absolute Gasteiger partial charge is 0.248 e. The predicted molar refractivity (Wildman–Crippen MR) is 121 cm³/mol. The van der Waals surface area contributed by atoms with Crippen LogP contribution in [0.4, 0.5) is 17.2 Å². The van der Waals surface area contributed by atoms with Crippen LogP contribution in [-0.4, -0.2) is 36.1 Å². The van der Waals surface area contributed by atoms with Crippen LogP contribution in [0.2, 0.25) is 0 Å². The Morgan fingerprint density at radius 3 is 2.27 bits per heavy atom. The molecule has 1 fully saturated rings. The Kier molecular flexibility index (Phi) is 4.81. The molecule has 0 radical (unpaired) electrons. The molecule has 0 bridgehead atoms. The van der Waals surface area contributed by atoms with Crippen LogP contribution in [0.1, 0.15) is 0 Å². The van der Waals surface area contributed by atoms with Gasteiger partial charge in [-0.15, -0.1) is 0 Å². The molecule has 0 saturated carbocycles. The number of nitrogen functional groups attached to an aromatic ring is 1. The summed E-state index contributed by atoms with van der Waals surface area (Å²) in [7, 11) is 0. The van der Waals surface area contributed by atoms with E-state index in [0.717, 1.165) is 48.5 Å². The van der Waals surface area contributed by atoms with Crippen LogP contribution < -0.4 is 20.3 Å². The first-order chi connectivity index (χ1) is 14.8. The Hall–Kier alpha value is -3.80. The van der Waals surface area contributed by atoms with Crippen molar-refractivity contribution in [2.75, 3.05) is 41.7 Å². The van der Waals surface area contributed by atoms with Gasteiger partial charge in [0.1, 0.15) is 17.8 Å². The highest BCUT2D eigenvalue weighted by Crippen LogP contribution is 2.35. The molecule has 1 aliphatic rings. The summed E-state index contributed by atoms with van der Waals surface area (Å²) >= 11 is 0. The first-order valence-electron chi connectivity index (χ1n) is 10.1. The maximum Gasteiger partial charge on any atom is 0.248 e. The standard InChI is InChI=1S/C24H23N5O/c25-22-23(29-15-13-28(14-16-29)19-9-2-1-3-10-19)26-17-27-24(22)30-21-12-6-8-18-7-4-5-11-20(18)21/h1-12,17H,13-16,25H2. The van der Waals surface area contributed by atoms with E-state index in [9.17, 15) is 0 Å². The Labute approximate surface area is 175 Å². The number of nitrogens with two attached hydrogens (primary N) is 1. The van der Waals surface area contributed by atoms with Crippen molar-refractivity contribution in [3.8, 4) is 11.6 Å². The van der Waals surface area contributed by atoms with Gasteiger partial charge in [0.05, 0.1) is 0 Å². The molecule has 150 valence electrons. The summed E-state index contributed by atoms with van der Waals surface area (Å²) in [4.78, 5) is 13.3. The fourth-order valence-corrected chi connectivity index (χ4v) is 3.91. The number of para-hydroxylation sites is 1. The fourth-order valence-electron chi connectivity index (χ4n) is 3.91. The van der Waals surface area contributed by atoms with Crippen molar-refractivity contribution in [3.05, 3.63) is 79.1 Å². The van der Waals surface area contributed by atoms with Crippen molar-refractivity contribution in [2.24, 2.45) is 0 Å². The van der Waals surface area contributed by atoms with Crippen LogP contribution in [0.25, 0.3) is 10.8 Å². The number of benzene rings is 3. The van der Waals surface area contributed by atoms with Crippen molar-refractivity contribution in [1.82, 2.24) is 9.97 Å². The molecule has 6 heteroatoms. The fraction of sp³-hybridized carbons (Fsp3) is 0.167. The minimum atomic E-state index is 0.391. The highest BCUT2D eigenvalue weighted by molar-refractivity contribution is 5.88. The molecule has 5 rings (SSSR count). The summed E-state index contributed by atoms with van der Waals surface area (Å²) in [5.74, 6) is 1.85. The maximum absolute atomic E-state index is 6.45. The Bertz CT molecular complexity index is 1150. The number of nitrogens with zero attached hydrogens (tertiary/aromatic N) is 4. The third kappa shape index (κ3) is 3.48. The first kappa shape index (κ1) is 18.2. The van der Waals surface area contributed by atoms with Crippen molar-refractivity contribution in [2.45, 2.75) is 0 Å². The molecular formula is C24H23N5O. The summed E-state index contributed by atoms with van der Waals surface area (Å²) in [5, 5.41) is 2.14. The zero-order valence-electron chi connectivity index (χ0n) is 16.6. The third-order valence-electron chi connectivity index (χ3n) is 5.48. The lowest BCUT2D eigenvalue weighted by Gasteiger charge is -2.37.